The topological polar surface area (TPSA) is 56.5 Å². The minimum Gasteiger partial charge on any atom is -0.431 e. The quantitative estimate of drug-likeness (QED) is 0.390. The standard InChI is InChI=1S/C26H34NO4/c1-25-12-10-19(31-24(29)30-17-27-14-4-3-5-15-27)16-18(25)6-7-20-21-8-9-23(28)26(21,2)13-11-22(20)25/h3-6,14-15,19-22H,7-13,16-17H2,1-2H3/q+1/t19-,20-,21-,22-,25-,26-/m0/s1. The number of rotatable bonds is 3. The second-order valence-corrected chi connectivity index (χ2v) is 10.6. The highest BCUT2D eigenvalue weighted by atomic mass is 16.7. The van der Waals surface area contributed by atoms with Gasteiger partial charge in [-0.15, -0.1) is 0 Å². The number of hydrogen-bond donors (Lipinski definition) is 0. The predicted molar refractivity (Wildman–Crippen MR) is 115 cm³/mol. The van der Waals surface area contributed by atoms with Gasteiger partial charge in [0.1, 0.15) is 11.9 Å². The van der Waals surface area contributed by atoms with Gasteiger partial charge in [-0.2, -0.15) is 4.57 Å². The third-order valence-electron chi connectivity index (χ3n) is 9.14. The Morgan fingerprint density at radius 1 is 1.06 bits per heavy atom. The highest BCUT2D eigenvalue weighted by Gasteiger charge is 2.58. The summed E-state index contributed by atoms with van der Waals surface area (Å²) in [5, 5.41) is 0. The lowest BCUT2D eigenvalue weighted by molar-refractivity contribution is -0.727. The molecule has 4 aliphatic rings. The van der Waals surface area contributed by atoms with Crippen LogP contribution in [-0.2, 0) is 21.0 Å². The van der Waals surface area contributed by atoms with Crippen LogP contribution in [0.2, 0.25) is 0 Å². The normalized spacial score (nSPS) is 39.0. The molecule has 31 heavy (non-hydrogen) atoms. The first-order chi connectivity index (χ1) is 14.9. The fourth-order valence-corrected chi connectivity index (χ4v) is 7.32. The molecule has 4 aliphatic carbocycles. The van der Waals surface area contributed by atoms with Crippen molar-refractivity contribution in [2.75, 3.05) is 0 Å². The fourth-order valence-electron chi connectivity index (χ4n) is 7.32. The number of carbonyl (C=O) groups is 2. The molecule has 0 aromatic carbocycles. The maximum Gasteiger partial charge on any atom is 0.513 e. The van der Waals surface area contributed by atoms with E-state index >= 15 is 0 Å². The van der Waals surface area contributed by atoms with E-state index in [9.17, 15) is 9.59 Å². The van der Waals surface area contributed by atoms with Gasteiger partial charge in [0.15, 0.2) is 12.4 Å². The summed E-state index contributed by atoms with van der Waals surface area (Å²) in [6.45, 7) is 4.82. The van der Waals surface area contributed by atoms with E-state index in [2.05, 4.69) is 19.9 Å². The summed E-state index contributed by atoms with van der Waals surface area (Å²) >= 11 is 0. The SMILES string of the molecule is C[C@]12CC[C@H](OC(=O)OC[n+]3ccccc3)CC1=CC[C@@H]1[C@@H]2CC[C@]2(C)C(=O)CC[C@@H]12. The van der Waals surface area contributed by atoms with E-state index in [-0.39, 0.29) is 23.7 Å². The van der Waals surface area contributed by atoms with Gasteiger partial charge in [-0.3, -0.25) is 4.79 Å². The van der Waals surface area contributed by atoms with E-state index in [1.54, 1.807) is 4.57 Å². The van der Waals surface area contributed by atoms with Crippen molar-refractivity contribution >= 4 is 11.9 Å². The molecule has 166 valence electrons. The van der Waals surface area contributed by atoms with Crippen molar-refractivity contribution in [2.45, 2.75) is 78.0 Å². The zero-order valence-electron chi connectivity index (χ0n) is 18.7. The van der Waals surface area contributed by atoms with Crippen LogP contribution in [0.1, 0.15) is 65.2 Å². The number of fused-ring (bicyclic) bond motifs is 5. The summed E-state index contributed by atoms with van der Waals surface area (Å²) in [6, 6.07) is 5.72. The van der Waals surface area contributed by atoms with Crippen LogP contribution < -0.4 is 4.57 Å². The lowest BCUT2D eigenvalue weighted by Gasteiger charge is -2.56. The van der Waals surface area contributed by atoms with Crippen molar-refractivity contribution in [2.24, 2.45) is 28.6 Å². The van der Waals surface area contributed by atoms with Gasteiger partial charge in [-0.1, -0.05) is 31.6 Å². The Labute approximate surface area is 184 Å². The summed E-state index contributed by atoms with van der Waals surface area (Å²) in [5.41, 5.74) is 1.56. The van der Waals surface area contributed by atoms with Gasteiger partial charge in [0, 0.05) is 30.4 Å². The molecule has 1 heterocycles. The Morgan fingerprint density at radius 2 is 1.81 bits per heavy atom. The third-order valence-corrected chi connectivity index (χ3v) is 9.14. The number of ether oxygens (including phenoxy) is 2. The zero-order chi connectivity index (χ0) is 21.6. The molecule has 5 nitrogen and oxygen atoms in total. The van der Waals surface area contributed by atoms with Gasteiger partial charge in [0.2, 0.25) is 0 Å². The number of hydrogen-bond acceptors (Lipinski definition) is 4. The molecular formula is C26H34NO4+. The summed E-state index contributed by atoms with van der Waals surface area (Å²) < 4.78 is 12.8. The molecular weight excluding hydrogens is 390 g/mol. The molecule has 5 rings (SSSR count). The molecule has 0 radical (unpaired) electrons. The second kappa shape index (κ2) is 7.75. The van der Waals surface area contributed by atoms with Gasteiger partial charge < -0.3 is 9.47 Å². The highest BCUT2D eigenvalue weighted by molar-refractivity contribution is 5.87. The lowest BCUT2D eigenvalue weighted by atomic mass is 9.48. The monoisotopic (exact) mass is 424 g/mol. The van der Waals surface area contributed by atoms with Crippen LogP contribution in [0.4, 0.5) is 4.79 Å². The third kappa shape index (κ3) is 3.50. The highest BCUT2D eigenvalue weighted by Crippen LogP contribution is 2.64. The fraction of sp³-hybridized carbons (Fsp3) is 0.654. The molecule has 6 atom stereocenters. The van der Waals surface area contributed by atoms with Gasteiger partial charge in [0.05, 0.1) is 0 Å². The van der Waals surface area contributed by atoms with E-state index in [1.165, 1.54) is 5.57 Å². The summed E-state index contributed by atoms with van der Waals surface area (Å²) in [4.78, 5) is 24.8. The van der Waals surface area contributed by atoms with Crippen LogP contribution in [-0.4, -0.2) is 18.0 Å². The number of nitrogens with zero attached hydrogens (tertiary/aromatic N) is 1. The van der Waals surface area contributed by atoms with Crippen molar-refractivity contribution in [3.05, 3.63) is 42.2 Å². The van der Waals surface area contributed by atoms with Crippen LogP contribution in [0, 0.1) is 28.6 Å². The molecule has 0 unspecified atom stereocenters. The average molecular weight is 425 g/mol. The van der Waals surface area contributed by atoms with Crippen molar-refractivity contribution in [1.82, 2.24) is 0 Å². The summed E-state index contributed by atoms with van der Waals surface area (Å²) in [6.07, 6.45) is 13.3. The lowest BCUT2D eigenvalue weighted by Crippen LogP contribution is -2.50. The number of pyridine rings is 1. The molecule has 3 saturated carbocycles. The van der Waals surface area contributed by atoms with E-state index in [0.29, 0.717) is 23.5 Å². The molecule has 1 aromatic heterocycles. The van der Waals surface area contributed by atoms with Gasteiger partial charge >= 0.3 is 6.16 Å². The molecule has 5 heteroatoms. The van der Waals surface area contributed by atoms with E-state index in [4.69, 9.17) is 9.47 Å². The van der Waals surface area contributed by atoms with E-state index in [1.807, 2.05) is 30.6 Å². The predicted octanol–water partition coefficient (Wildman–Crippen LogP) is 4.99. The van der Waals surface area contributed by atoms with E-state index in [0.717, 1.165) is 51.4 Å². The maximum absolute atomic E-state index is 12.6. The van der Waals surface area contributed by atoms with Gasteiger partial charge in [-0.05, 0) is 61.7 Å². The van der Waals surface area contributed by atoms with Crippen molar-refractivity contribution in [1.29, 1.82) is 0 Å². The van der Waals surface area contributed by atoms with Gasteiger partial charge in [-0.25, -0.2) is 4.79 Å². The molecule has 0 amide bonds. The first kappa shape index (κ1) is 20.7. The Kier molecular flexibility index (Phi) is 5.18. The summed E-state index contributed by atoms with van der Waals surface area (Å²) in [5.74, 6) is 2.33. The molecule has 0 bridgehead atoms. The number of aromatic nitrogens is 1. The van der Waals surface area contributed by atoms with Crippen molar-refractivity contribution in [3.63, 3.8) is 0 Å². The second-order valence-electron chi connectivity index (χ2n) is 10.6. The number of carbonyl (C=O) groups excluding carboxylic acids is 2. The Bertz CT molecular complexity index is 896. The van der Waals surface area contributed by atoms with Crippen LogP contribution in [0.5, 0.6) is 0 Å². The number of allylic oxidation sites excluding steroid dienone is 1. The minimum absolute atomic E-state index is 0.0797. The molecule has 3 fully saturated rings. The molecule has 0 aliphatic heterocycles. The van der Waals surface area contributed by atoms with Crippen molar-refractivity contribution < 1.29 is 23.6 Å². The summed E-state index contributed by atoms with van der Waals surface area (Å²) in [7, 11) is 0. The molecule has 1 aromatic rings. The number of Topliss-reactive ketones (excluding diaryl/α,β-unsaturated/α-hetero) is 1. The molecule has 0 spiro atoms. The molecule has 0 N–H and O–H groups in total. The maximum atomic E-state index is 12.6. The van der Waals surface area contributed by atoms with Crippen LogP contribution in [0.3, 0.4) is 0 Å². The minimum atomic E-state index is -0.586. The Hall–Kier alpha value is -2.17. The Morgan fingerprint density at radius 3 is 2.61 bits per heavy atom. The first-order valence-corrected chi connectivity index (χ1v) is 11.9. The Balaban J connectivity index is 1.23. The largest absolute Gasteiger partial charge is 0.513 e. The zero-order valence-corrected chi connectivity index (χ0v) is 18.7. The molecule has 0 saturated heterocycles. The first-order valence-electron chi connectivity index (χ1n) is 11.9. The smallest absolute Gasteiger partial charge is 0.431 e. The van der Waals surface area contributed by atoms with Gasteiger partial charge in [0.25, 0.3) is 6.73 Å². The van der Waals surface area contributed by atoms with E-state index < -0.39 is 6.16 Å². The number of ketones is 1. The van der Waals surface area contributed by atoms with Crippen LogP contribution in [0.25, 0.3) is 0 Å². The van der Waals surface area contributed by atoms with Crippen LogP contribution >= 0.6 is 0 Å². The average Bonchev–Trinajstić information content (AvgIpc) is 3.08. The van der Waals surface area contributed by atoms with Crippen molar-refractivity contribution in [3.8, 4) is 0 Å². The van der Waals surface area contributed by atoms with Crippen LogP contribution in [0.15, 0.2) is 42.2 Å².